The van der Waals surface area contributed by atoms with E-state index in [0.717, 1.165) is 32.3 Å². The van der Waals surface area contributed by atoms with Gasteiger partial charge in [-0.3, -0.25) is 0 Å². The molecule has 1 heteroatoms. The molecule has 0 aromatic heterocycles. The van der Waals surface area contributed by atoms with Gasteiger partial charge in [0.25, 0.3) is 0 Å². The Morgan fingerprint density at radius 3 is 3.18 bits per heavy atom. The molecule has 62 valence electrons. The first-order valence-corrected chi connectivity index (χ1v) is 4.22. The molecule has 1 aliphatic rings. The van der Waals surface area contributed by atoms with E-state index in [1.165, 1.54) is 5.57 Å². The molecular weight excluding hydrogens is 136 g/mol. The van der Waals surface area contributed by atoms with Crippen molar-refractivity contribution in [3.8, 4) is 0 Å². The second-order valence-corrected chi connectivity index (χ2v) is 3.07. The van der Waals surface area contributed by atoms with Gasteiger partial charge in [-0.2, -0.15) is 0 Å². The molecule has 0 saturated carbocycles. The minimum atomic E-state index is 0.350. The molecule has 1 unspecified atom stereocenters. The molecule has 0 aliphatic carbocycles. The maximum Gasteiger partial charge on any atom is 0.0646 e. The van der Waals surface area contributed by atoms with Crippen LogP contribution in [0.1, 0.15) is 25.7 Å². The van der Waals surface area contributed by atoms with Crippen molar-refractivity contribution in [2.24, 2.45) is 0 Å². The summed E-state index contributed by atoms with van der Waals surface area (Å²) in [7, 11) is 0. The van der Waals surface area contributed by atoms with Crippen LogP contribution in [0.2, 0.25) is 0 Å². The van der Waals surface area contributed by atoms with Gasteiger partial charge in [0.15, 0.2) is 0 Å². The third kappa shape index (κ3) is 2.89. The van der Waals surface area contributed by atoms with Crippen molar-refractivity contribution in [2.75, 3.05) is 6.61 Å². The van der Waals surface area contributed by atoms with Crippen LogP contribution in [-0.2, 0) is 4.74 Å². The molecule has 0 bridgehead atoms. The fourth-order valence-corrected chi connectivity index (χ4v) is 1.39. The van der Waals surface area contributed by atoms with Crippen molar-refractivity contribution in [3.63, 3.8) is 0 Å². The van der Waals surface area contributed by atoms with E-state index in [-0.39, 0.29) is 0 Å². The van der Waals surface area contributed by atoms with Crippen LogP contribution in [0.4, 0.5) is 0 Å². The summed E-state index contributed by atoms with van der Waals surface area (Å²) in [5.41, 5.74) is 1.33. The summed E-state index contributed by atoms with van der Waals surface area (Å²) in [4.78, 5) is 0. The average Bonchev–Trinajstić information content (AvgIpc) is 2.15. The van der Waals surface area contributed by atoms with Gasteiger partial charge in [-0.05, 0) is 25.7 Å². The highest BCUT2D eigenvalue weighted by Gasteiger charge is 2.12. The lowest BCUT2D eigenvalue weighted by Crippen LogP contribution is -2.10. The van der Waals surface area contributed by atoms with Gasteiger partial charge in [-0.1, -0.05) is 18.2 Å². The van der Waals surface area contributed by atoms with Crippen molar-refractivity contribution >= 4 is 0 Å². The van der Waals surface area contributed by atoms with E-state index < -0.39 is 0 Å². The SMILES string of the molecule is C=CCC1CC(=C)CCCO1. The van der Waals surface area contributed by atoms with Gasteiger partial charge in [0.05, 0.1) is 6.10 Å². The predicted octanol–water partition coefficient (Wildman–Crippen LogP) is 2.69. The smallest absolute Gasteiger partial charge is 0.0646 e. The Morgan fingerprint density at radius 1 is 1.64 bits per heavy atom. The highest BCUT2D eigenvalue weighted by Crippen LogP contribution is 2.19. The molecule has 0 amide bonds. The molecule has 0 N–H and O–H groups in total. The van der Waals surface area contributed by atoms with E-state index in [0.29, 0.717) is 6.10 Å². The van der Waals surface area contributed by atoms with Gasteiger partial charge < -0.3 is 4.74 Å². The molecule has 0 spiro atoms. The largest absolute Gasteiger partial charge is 0.378 e. The minimum Gasteiger partial charge on any atom is -0.378 e. The first-order chi connectivity index (χ1) is 5.33. The van der Waals surface area contributed by atoms with Crippen LogP contribution >= 0.6 is 0 Å². The summed E-state index contributed by atoms with van der Waals surface area (Å²) in [5, 5.41) is 0. The van der Waals surface area contributed by atoms with Crippen molar-refractivity contribution < 1.29 is 4.74 Å². The number of hydrogen-bond donors (Lipinski definition) is 0. The molecule has 1 fully saturated rings. The quantitative estimate of drug-likeness (QED) is 0.553. The Balaban J connectivity index is 2.38. The number of ether oxygens (including phenoxy) is 1. The van der Waals surface area contributed by atoms with Gasteiger partial charge in [-0.25, -0.2) is 0 Å². The first-order valence-electron chi connectivity index (χ1n) is 4.22. The second-order valence-electron chi connectivity index (χ2n) is 3.07. The Kier molecular flexibility index (Phi) is 3.37. The Morgan fingerprint density at radius 2 is 2.45 bits per heavy atom. The summed E-state index contributed by atoms with van der Waals surface area (Å²) >= 11 is 0. The number of rotatable bonds is 2. The number of hydrogen-bond acceptors (Lipinski definition) is 1. The molecular formula is C10H16O. The van der Waals surface area contributed by atoms with Crippen LogP contribution < -0.4 is 0 Å². The minimum absolute atomic E-state index is 0.350. The van der Waals surface area contributed by atoms with E-state index in [1.807, 2.05) is 6.08 Å². The fourth-order valence-electron chi connectivity index (χ4n) is 1.39. The summed E-state index contributed by atoms with van der Waals surface area (Å²) in [5.74, 6) is 0. The standard InChI is InChI=1S/C10H16O/c1-3-5-10-8-9(2)6-4-7-11-10/h3,10H,1-2,4-8H2. The summed E-state index contributed by atoms with van der Waals surface area (Å²) in [6.45, 7) is 8.58. The molecule has 0 aromatic carbocycles. The van der Waals surface area contributed by atoms with Crippen LogP contribution in [0.25, 0.3) is 0 Å². The zero-order valence-corrected chi connectivity index (χ0v) is 7.01. The zero-order chi connectivity index (χ0) is 8.10. The van der Waals surface area contributed by atoms with E-state index in [1.54, 1.807) is 0 Å². The van der Waals surface area contributed by atoms with E-state index >= 15 is 0 Å². The van der Waals surface area contributed by atoms with Crippen molar-refractivity contribution in [3.05, 3.63) is 24.8 Å². The molecule has 11 heavy (non-hydrogen) atoms. The lowest BCUT2D eigenvalue weighted by Gasteiger charge is -2.12. The summed E-state index contributed by atoms with van der Waals surface area (Å²) < 4.78 is 5.58. The molecule has 1 aliphatic heterocycles. The third-order valence-corrected chi connectivity index (χ3v) is 1.97. The van der Waals surface area contributed by atoms with Gasteiger partial charge in [0.2, 0.25) is 0 Å². The maximum atomic E-state index is 5.58. The van der Waals surface area contributed by atoms with Gasteiger partial charge in [0.1, 0.15) is 0 Å². The highest BCUT2D eigenvalue weighted by atomic mass is 16.5. The highest BCUT2D eigenvalue weighted by molar-refractivity contribution is 4.98. The molecule has 0 aromatic rings. The first kappa shape index (κ1) is 8.54. The van der Waals surface area contributed by atoms with Crippen molar-refractivity contribution in [1.82, 2.24) is 0 Å². The Labute approximate surface area is 68.8 Å². The van der Waals surface area contributed by atoms with Crippen molar-refractivity contribution in [2.45, 2.75) is 31.8 Å². The predicted molar refractivity (Wildman–Crippen MR) is 47.5 cm³/mol. The van der Waals surface area contributed by atoms with E-state index in [4.69, 9.17) is 4.74 Å². The van der Waals surface area contributed by atoms with Crippen LogP contribution in [0.5, 0.6) is 0 Å². The van der Waals surface area contributed by atoms with Crippen LogP contribution in [0.3, 0.4) is 0 Å². The molecule has 1 nitrogen and oxygen atoms in total. The van der Waals surface area contributed by atoms with Crippen LogP contribution in [0, 0.1) is 0 Å². The van der Waals surface area contributed by atoms with Crippen molar-refractivity contribution in [1.29, 1.82) is 0 Å². The molecule has 1 heterocycles. The zero-order valence-electron chi connectivity index (χ0n) is 7.01. The third-order valence-electron chi connectivity index (χ3n) is 1.97. The van der Waals surface area contributed by atoms with Gasteiger partial charge >= 0.3 is 0 Å². The molecule has 1 atom stereocenters. The molecule has 1 rings (SSSR count). The van der Waals surface area contributed by atoms with Gasteiger partial charge in [-0.15, -0.1) is 6.58 Å². The van der Waals surface area contributed by atoms with Gasteiger partial charge in [0, 0.05) is 6.61 Å². The van der Waals surface area contributed by atoms with Crippen LogP contribution in [-0.4, -0.2) is 12.7 Å². The Hall–Kier alpha value is -0.560. The normalized spacial score (nSPS) is 26.2. The fraction of sp³-hybridized carbons (Fsp3) is 0.600. The summed E-state index contributed by atoms with van der Waals surface area (Å²) in [6, 6.07) is 0. The van der Waals surface area contributed by atoms with Crippen LogP contribution in [0.15, 0.2) is 24.8 Å². The lowest BCUT2D eigenvalue weighted by atomic mass is 10.1. The summed E-state index contributed by atoms with van der Waals surface area (Å²) in [6.07, 6.45) is 6.51. The topological polar surface area (TPSA) is 9.23 Å². The Bertz CT molecular complexity index is 149. The van der Waals surface area contributed by atoms with E-state index in [9.17, 15) is 0 Å². The molecule has 0 radical (unpaired) electrons. The maximum absolute atomic E-state index is 5.58. The second kappa shape index (κ2) is 4.35. The van der Waals surface area contributed by atoms with E-state index in [2.05, 4.69) is 13.2 Å². The molecule has 1 saturated heterocycles. The lowest BCUT2D eigenvalue weighted by molar-refractivity contribution is 0.0640. The average molecular weight is 152 g/mol. The monoisotopic (exact) mass is 152 g/mol.